The van der Waals surface area contributed by atoms with E-state index in [2.05, 4.69) is 15.0 Å². The molecule has 3 rings (SSSR count). The van der Waals surface area contributed by atoms with E-state index >= 15 is 0 Å². The Bertz CT molecular complexity index is 949. The van der Waals surface area contributed by atoms with Crippen molar-refractivity contribution in [3.63, 3.8) is 0 Å². The number of nitriles is 1. The minimum absolute atomic E-state index is 0.0540. The van der Waals surface area contributed by atoms with Crippen LogP contribution in [-0.4, -0.2) is 20.8 Å². The van der Waals surface area contributed by atoms with Crippen LogP contribution in [0.25, 0.3) is 11.3 Å². The Labute approximate surface area is 143 Å². The molecule has 0 aliphatic carbocycles. The van der Waals surface area contributed by atoms with E-state index in [1.807, 2.05) is 6.07 Å². The van der Waals surface area contributed by atoms with E-state index in [4.69, 9.17) is 11.6 Å². The van der Waals surface area contributed by atoms with Gasteiger partial charge >= 0.3 is 0 Å². The van der Waals surface area contributed by atoms with Gasteiger partial charge in [-0.05, 0) is 30.3 Å². The van der Waals surface area contributed by atoms with Crippen LogP contribution in [-0.2, 0) is 0 Å². The van der Waals surface area contributed by atoms with E-state index in [9.17, 15) is 10.4 Å². The van der Waals surface area contributed by atoms with Gasteiger partial charge in [0, 0.05) is 24.2 Å². The number of halogens is 1. The number of nitrogens with zero attached hydrogens (tertiary/aromatic N) is 4. The Morgan fingerprint density at radius 3 is 2.54 bits per heavy atom. The van der Waals surface area contributed by atoms with Crippen LogP contribution < -0.4 is 0 Å². The minimum atomic E-state index is -0.115. The molecule has 0 saturated carbocycles. The fraction of sp³-hybridized carbons (Fsp3) is 0. The molecule has 3 aromatic rings. The second-order valence-electron chi connectivity index (χ2n) is 4.82. The average molecular weight is 335 g/mol. The van der Waals surface area contributed by atoms with Gasteiger partial charge in [0.2, 0.25) is 0 Å². The van der Waals surface area contributed by atoms with E-state index in [1.165, 1.54) is 6.20 Å². The largest absolute Gasteiger partial charge is 0.505 e. The van der Waals surface area contributed by atoms with E-state index in [-0.39, 0.29) is 11.5 Å². The van der Waals surface area contributed by atoms with Gasteiger partial charge in [0.1, 0.15) is 11.8 Å². The average Bonchev–Trinajstić information content (AvgIpc) is 2.62. The van der Waals surface area contributed by atoms with E-state index in [1.54, 1.807) is 54.9 Å². The first-order valence-corrected chi connectivity index (χ1v) is 7.40. The second-order valence-corrected chi connectivity index (χ2v) is 5.22. The summed E-state index contributed by atoms with van der Waals surface area (Å²) in [5.74, 6) is -0.115. The lowest BCUT2D eigenvalue weighted by Gasteiger charge is -2.08. The first-order valence-electron chi connectivity index (χ1n) is 7.02. The molecule has 0 aliphatic rings. The molecule has 0 aliphatic heterocycles. The van der Waals surface area contributed by atoms with E-state index in [0.717, 1.165) is 0 Å². The Kier molecular flexibility index (Phi) is 4.50. The van der Waals surface area contributed by atoms with Crippen LogP contribution >= 0.6 is 11.6 Å². The highest BCUT2D eigenvalue weighted by Crippen LogP contribution is 2.31. The number of hydrogen-bond donors (Lipinski definition) is 1. The summed E-state index contributed by atoms with van der Waals surface area (Å²) in [5, 5.41) is 20.4. The molecule has 0 saturated heterocycles. The van der Waals surface area contributed by atoms with E-state index in [0.29, 0.717) is 27.5 Å². The summed E-state index contributed by atoms with van der Waals surface area (Å²) < 4.78 is 0. The van der Waals surface area contributed by atoms with Crippen LogP contribution in [0.15, 0.2) is 66.0 Å². The summed E-state index contributed by atoms with van der Waals surface area (Å²) in [5.41, 5.74) is 1.85. The molecule has 0 atom stereocenters. The lowest BCUT2D eigenvalue weighted by atomic mass is 10.1. The van der Waals surface area contributed by atoms with Crippen LogP contribution in [0, 0.1) is 11.3 Å². The molecule has 0 radical (unpaired) electrons. The summed E-state index contributed by atoms with van der Waals surface area (Å²) in [6.45, 7) is 0. The van der Waals surface area contributed by atoms with Gasteiger partial charge in [0.05, 0.1) is 16.3 Å². The number of para-hydroxylation sites is 1. The molecule has 0 amide bonds. The molecule has 6 heteroatoms. The van der Waals surface area contributed by atoms with Gasteiger partial charge < -0.3 is 5.11 Å². The zero-order valence-corrected chi connectivity index (χ0v) is 13.1. The number of pyridine rings is 2. The lowest BCUT2D eigenvalue weighted by Crippen LogP contribution is -2.00. The Hall–Kier alpha value is -3.23. The van der Waals surface area contributed by atoms with Crippen molar-refractivity contribution in [2.24, 2.45) is 4.99 Å². The first kappa shape index (κ1) is 15.7. The smallest absolute Gasteiger partial charge is 0.152 e. The Morgan fingerprint density at radius 2 is 1.83 bits per heavy atom. The van der Waals surface area contributed by atoms with Crippen LogP contribution in [0.5, 0.6) is 5.75 Å². The predicted molar refractivity (Wildman–Crippen MR) is 92.4 cm³/mol. The summed E-state index contributed by atoms with van der Waals surface area (Å²) >= 11 is 6.08. The minimum Gasteiger partial charge on any atom is -0.505 e. The maximum Gasteiger partial charge on any atom is 0.152 e. The summed E-state index contributed by atoms with van der Waals surface area (Å²) in [4.78, 5) is 12.4. The summed E-state index contributed by atoms with van der Waals surface area (Å²) in [6.07, 6.45) is 4.72. The molecule has 0 unspecified atom stereocenters. The van der Waals surface area contributed by atoms with Gasteiger partial charge in [-0.2, -0.15) is 5.26 Å². The maximum atomic E-state index is 10.5. The predicted octanol–water partition coefficient (Wildman–Crippen LogP) is 4.15. The highest BCUT2D eigenvalue weighted by molar-refractivity contribution is 6.33. The molecule has 1 N–H and O–H groups in total. The maximum absolute atomic E-state index is 10.5. The van der Waals surface area contributed by atoms with Crippen molar-refractivity contribution in [1.82, 2.24) is 9.97 Å². The quantitative estimate of drug-likeness (QED) is 0.729. The van der Waals surface area contributed by atoms with Crippen molar-refractivity contribution in [1.29, 1.82) is 5.26 Å². The molecule has 5 nitrogen and oxygen atoms in total. The van der Waals surface area contributed by atoms with Crippen molar-refractivity contribution < 1.29 is 5.11 Å². The van der Waals surface area contributed by atoms with Crippen molar-refractivity contribution in [3.8, 4) is 23.1 Å². The molecular weight excluding hydrogens is 324 g/mol. The number of benzene rings is 1. The standard InChI is InChI=1S/C18H11ClN4O/c19-14-3-1-2-4-15(14)23-16(11-20)13-7-10-22-17(18(13)24)12-5-8-21-9-6-12/h1-10,24H. The van der Waals surface area contributed by atoms with Gasteiger partial charge in [-0.25, -0.2) is 4.99 Å². The highest BCUT2D eigenvalue weighted by Gasteiger charge is 2.15. The topological polar surface area (TPSA) is 82.2 Å². The highest BCUT2D eigenvalue weighted by atomic mass is 35.5. The molecule has 0 bridgehead atoms. The molecular formula is C18H11ClN4O. The number of rotatable bonds is 3. The summed E-state index contributed by atoms with van der Waals surface area (Å²) in [7, 11) is 0. The third-order valence-corrected chi connectivity index (χ3v) is 3.64. The molecule has 0 fully saturated rings. The Balaban J connectivity index is 2.12. The third-order valence-electron chi connectivity index (χ3n) is 3.32. The fourth-order valence-electron chi connectivity index (χ4n) is 2.17. The SMILES string of the molecule is N#CC(=Nc1ccccc1Cl)c1ccnc(-c2ccncc2)c1O. The van der Waals surface area contributed by atoms with Crippen LogP contribution in [0.2, 0.25) is 5.02 Å². The molecule has 2 heterocycles. The van der Waals surface area contributed by atoms with Gasteiger partial charge in [0.15, 0.2) is 11.5 Å². The normalized spacial score (nSPS) is 11.1. The molecule has 1 aromatic carbocycles. The fourth-order valence-corrected chi connectivity index (χ4v) is 2.35. The Morgan fingerprint density at radius 1 is 1.08 bits per heavy atom. The van der Waals surface area contributed by atoms with Crippen molar-refractivity contribution in [2.45, 2.75) is 0 Å². The van der Waals surface area contributed by atoms with Crippen LogP contribution in [0.1, 0.15) is 5.56 Å². The monoisotopic (exact) mass is 334 g/mol. The zero-order valence-electron chi connectivity index (χ0n) is 12.4. The van der Waals surface area contributed by atoms with Crippen molar-refractivity contribution >= 4 is 23.0 Å². The number of aromatic nitrogens is 2. The van der Waals surface area contributed by atoms with Crippen molar-refractivity contribution in [2.75, 3.05) is 0 Å². The van der Waals surface area contributed by atoms with Crippen LogP contribution in [0.4, 0.5) is 5.69 Å². The first-order chi connectivity index (χ1) is 11.7. The molecule has 2 aromatic heterocycles. The van der Waals surface area contributed by atoms with Gasteiger partial charge in [-0.15, -0.1) is 0 Å². The van der Waals surface area contributed by atoms with Gasteiger partial charge in [0.25, 0.3) is 0 Å². The lowest BCUT2D eigenvalue weighted by molar-refractivity contribution is 0.474. The zero-order chi connectivity index (χ0) is 16.9. The van der Waals surface area contributed by atoms with Crippen LogP contribution in [0.3, 0.4) is 0 Å². The van der Waals surface area contributed by atoms with Crippen molar-refractivity contribution in [3.05, 3.63) is 71.6 Å². The molecule has 0 spiro atoms. The molecule has 116 valence electrons. The second kappa shape index (κ2) is 6.90. The third kappa shape index (κ3) is 3.09. The number of aliphatic imine (C=N–C) groups is 1. The van der Waals surface area contributed by atoms with Gasteiger partial charge in [-0.1, -0.05) is 23.7 Å². The van der Waals surface area contributed by atoms with E-state index < -0.39 is 0 Å². The van der Waals surface area contributed by atoms with Gasteiger partial charge in [-0.3, -0.25) is 9.97 Å². The molecule has 24 heavy (non-hydrogen) atoms. The number of aromatic hydroxyl groups is 1. The number of hydrogen-bond acceptors (Lipinski definition) is 5. The summed E-state index contributed by atoms with van der Waals surface area (Å²) in [6, 6.07) is 13.9.